The molecule has 2 aliphatic rings. The Morgan fingerprint density at radius 2 is 2.25 bits per heavy atom. The Labute approximate surface area is 124 Å². The van der Waals surface area contributed by atoms with E-state index in [-0.39, 0.29) is 12.1 Å². The first kappa shape index (κ1) is 13.9. The van der Waals surface area contributed by atoms with Gasteiger partial charge in [0.1, 0.15) is 6.04 Å². The molecule has 1 saturated carbocycles. The average molecular weight is 294 g/mol. The van der Waals surface area contributed by atoms with Crippen LogP contribution < -0.4 is 0 Å². The number of rotatable bonds is 3. The van der Waals surface area contributed by atoms with E-state index in [0.717, 1.165) is 18.5 Å². The Kier molecular flexibility index (Phi) is 3.74. The van der Waals surface area contributed by atoms with Crippen molar-refractivity contribution in [2.45, 2.75) is 38.3 Å². The second-order valence-corrected chi connectivity index (χ2v) is 6.50. The highest BCUT2D eigenvalue weighted by atomic mass is 35.5. The van der Waals surface area contributed by atoms with Gasteiger partial charge in [0.05, 0.1) is 0 Å². The Morgan fingerprint density at radius 3 is 2.95 bits per heavy atom. The summed E-state index contributed by atoms with van der Waals surface area (Å²) in [4.78, 5) is 13.8. The number of aliphatic carboxylic acids is 1. The Morgan fingerprint density at radius 1 is 1.45 bits per heavy atom. The van der Waals surface area contributed by atoms with Gasteiger partial charge in [-0.2, -0.15) is 0 Å². The Hall–Kier alpha value is -1.06. The first-order chi connectivity index (χ1) is 9.58. The number of carboxylic acids is 1. The normalized spacial score (nSPS) is 31.2. The van der Waals surface area contributed by atoms with Crippen LogP contribution in [0.2, 0.25) is 5.02 Å². The zero-order valence-electron chi connectivity index (χ0n) is 11.6. The molecule has 1 aliphatic carbocycles. The topological polar surface area (TPSA) is 40.5 Å². The highest BCUT2D eigenvalue weighted by Crippen LogP contribution is 2.45. The molecule has 20 heavy (non-hydrogen) atoms. The van der Waals surface area contributed by atoms with Crippen LogP contribution in [0.15, 0.2) is 24.3 Å². The molecule has 3 rings (SSSR count). The van der Waals surface area contributed by atoms with Crippen molar-refractivity contribution in [2.24, 2.45) is 11.8 Å². The Bertz CT molecular complexity index is 519. The van der Waals surface area contributed by atoms with Gasteiger partial charge in [-0.3, -0.25) is 9.69 Å². The lowest BCUT2D eigenvalue weighted by Gasteiger charge is -2.30. The summed E-state index contributed by atoms with van der Waals surface area (Å²) in [5, 5.41) is 10.3. The molecule has 4 heteroatoms. The fourth-order valence-corrected chi connectivity index (χ4v) is 4.22. The van der Waals surface area contributed by atoms with Crippen molar-refractivity contribution in [1.82, 2.24) is 4.90 Å². The second-order valence-electron chi connectivity index (χ2n) is 6.07. The molecule has 1 heterocycles. The first-order valence-corrected chi connectivity index (χ1v) is 7.69. The highest BCUT2D eigenvalue weighted by molar-refractivity contribution is 6.30. The average Bonchev–Trinajstić information content (AvgIpc) is 2.96. The van der Waals surface area contributed by atoms with Crippen LogP contribution in [0.5, 0.6) is 0 Å². The standard InChI is InChI=1S/C16H20ClNO2/c1-10(11-4-2-6-13(17)8-11)18-9-12-5-3-7-14(12)15(18)16(19)20/h2,4,6,8,10,12,14-15H,3,5,7,9H2,1H3,(H,19,20). The quantitative estimate of drug-likeness (QED) is 0.926. The number of carbonyl (C=O) groups is 1. The summed E-state index contributed by atoms with van der Waals surface area (Å²) in [5.41, 5.74) is 1.10. The van der Waals surface area contributed by atoms with Crippen LogP contribution in [0.25, 0.3) is 0 Å². The van der Waals surface area contributed by atoms with Crippen molar-refractivity contribution in [3.05, 3.63) is 34.9 Å². The second kappa shape index (κ2) is 5.38. The van der Waals surface area contributed by atoms with Gasteiger partial charge < -0.3 is 5.11 Å². The SMILES string of the molecule is CC(c1cccc(Cl)c1)N1CC2CCCC2C1C(=O)O. The molecule has 4 unspecified atom stereocenters. The lowest BCUT2D eigenvalue weighted by molar-refractivity contribution is -0.144. The summed E-state index contributed by atoms with van der Waals surface area (Å²) >= 11 is 6.06. The molecule has 2 fully saturated rings. The van der Waals surface area contributed by atoms with Crippen molar-refractivity contribution < 1.29 is 9.90 Å². The molecule has 3 nitrogen and oxygen atoms in total. The molecular formula is C16H20ClNO2. The van der Waals surface area contributed by atoms with E-state index in [9.17, 15) is 9.90 Å². The molecule has 1 saturated heterocycles. The van der Waals surface area contributed by atoms with Gasteiger partial charge in [-0.05, 0) is 49.3 Å². The largest absolute Gasteiger partial charge is 0.480 e. The molecule has 1 aromatic rings. The minimum absolute atomic E-state index is 0.0976. The van der Waals surface area contributed by atoms with Crippen LogP contribution in [-0.4, -0.2) is 28.6 Å². The molecule has 1 N–H and O–H groups in total. The summed E-state index contributed by atoms with van der Waals surface area (Å²) in [6.07, 6.45) is 3.41. The maximum Gasteiger partial charge on any atom is 0.321 e. The minimum atomic E-state index is -0.673. The molecule has 4 atom stereocenters. The van der Waals surface area contributed by atoms with Gasteiger partial charge in [-0.25, -0.2) is 0 Å². The molecule has 1 aromatic carbocycles. The third kappa shape index (κ3) is 2.33. The molecule has 1 aliphatic heterocycles. The van der Waals surface area contributed by atoms with Crippen molar-refractivity contribution in [2.75, 3.05) is 6.54 Å². The van der Waals surface area contributed by atoms with Gasteiger partial charge in [0.25, 0.3) is 0 Å². The van der Waals surface area contributed by atoms with Gasteiger partial charge >= 0.3 is 5.97 Å². The molecular weight excluding hydrogens is 274 g/mol. The number of nitrogens with zero attached hydrogens (tertiary/aromatic N) is 1. The number of hydrogen-bond acceptors (Lipinski definition) is 2. The number of fused-ring (bicyclic) bond motifs is 1. The summed E-state index contributed by atoms with van der Waals surface area (Å²) < 4.78 is 0. The molecule has 0 amide bonds. The van der Waals surface area contributed by atoms with E-state index in [1.54, 1.807) is 0 Å². The number of likely N-dealkylation sites (tertiary alicyclic amines) is 1. The summed E-state index contributed by atoms with van der Waals surface area (Å²) in [5.74, 6) is 0.208. The fourth-order valence-electron chi connectivity index (χ4n) is 4.02. The lowest BCUT2D eigenvalue weighted by Crippen LogP contribution is -2.41. The van der Waals surface area contributed by atoms with E-state index < -0.39 is 5.97 Å². The minimum Gasteiger partial charge on any atom is -0.480 e. The fraction of sp³-hybridized carbons (Fsp3) is 0.562. The number of halogens is 1. The van der Waals surface area contributed by atoms with Crippen LogP contribution in [-0.2, 0) is 4.79 Å². The van der Waals surface area contributed by atoms with Gasteiger partial charge in [0, 0.05) is 17.6 Å². The monoisotopic (exact) mass is 293 g/mol. The number of hydrogen-bond donors (Lipinski definition) is 1. The van der Waals surface area contributed by atoms with E-state index in [2.05, 4.69) is 11.8 Å². The molecule has 0 bridgehead atoms. The van der Waals surface area contributed by atoms with Crippen LogP contribution >= 0.6 is 11.6 Å². The third-order valence-corrected chi connectivity index (χ3v) is 5.24. The van der Waals surface area contributed by atoms with E-state index in [0.29, 0.717) is 16.9 Å². The molecule has 0 aromatic heterocycles. The zero-order valence-corrected chi connectivity index (χ0v) is 12.4. The number of carboxylic acid groups (broad SMARTS) is 1. The molecule has 0 spiro atoms. The third-order valence-electron chi connectivity index (χ3n) is 5.01. The zero-order chi connectivity index (χ0) is 14.3. The van der Waals surface area contributed by atoms with Crippen LogP contribution in [0.1, 0.15) is 37.8 Å². The van der Waals surface area contributed by atoms with Crippen molar-refractivity contribution >= 4 is 17.6 Å². The summed E-state index contributed by atoms with van der Waals surface area (Å²) in [6.45, 7) is 2.98. The smallest absolute Gasteiger partial charge is 0.321 e. The van der Waals surface area contributed by atoms with Gasteiger partial charge in [0.2, 0.25) is 0 Å². The maximum atomic E-state index is 11.7. The van der Waals surface area contributed by atoms with E-state index in [1.807, 2.05) is 24.3 Å². The molecule has 0 radical (unpaired) electrons. The predicted octanol–water partition coefficient (Wildman–Crippen LogP) is 3.59. The van der Waals surface area contributed by atoms with Crippen LogP contribution in [0.4, 0.5) is 0 Å². The van der Waals surface area contributed by atoms with Crippen molar-refractivity contribution in [3.63, 3.8) is 0 Å². The van der Waals surface area contributed by atoms with Gasteiger partial charge in [-0.1, -0.05) is 30.2 Å². The van der Waals surface area contributed by atoms with Crippen molar-refractivity contribution in [1.29, 1.82) is 0 Å². The Balaban J connectivity index is 1.87. The highest BCUT2D eigenvalue weighted by Gasteiger charge is 2.49. The maximum absolute atomic E-state index is 11.7. The van der Waals surface area contributed by atoms with Gasteiger partial charge in [-0.15, -0.1) is 0 Å². The predicted molar refractivity (Wildman–Crippen MR) is 78.8 cm³/mol. The van der Waals surface area contributed by atoms with Gasteiger partial charge in [0.15, 0.2) is 0 Å². The summed E-state index contributed by atoms with van der Waals surface area (Å²) in [7, 11) is 0. The molecule has 108 valence electrons. The first-order valence-electron chi connectivity index (χ1n) is 7.32. The van der Waals surface area contributed by atoms with Crippen LogP contribution in [0, 0.1) is 11.8 Å². The van der Waals surface area contributed by atoms with E-state index in [4.69, 9.17) is 11.6 Å². The van der Waals surface area contributed by atoms with E-state index >= 15 is 0 Å². The lowest BCUT2D eigenvalue weighted by atomic mass is 9.94. The number of benzene rings is 1. The van der Waals surface area contributed by atoms with Crippen molar-refractivity contribution in [3.8, 4) is 0 Å². The summed E-state index contributed by atoms with van der Waals surface area (Å²) in [6, 6.07) is 7.52. The van der Waals surface area contributed by atoms with Crippen LogP contribution in [0.3, 0.4) is 0 Å². The van der Waals surface area contributed by atoms with E-state index in [1.165, 1.54) is 12.8 Å².